The number of benzene rings is 2. The number of rotatable bonds is 4. The summed E-state index contributed by atoms with van der Waals surface area (Å²) < 4.78 is 0. The van der Waals surface area contributed by atoms with Crippen LogP contribution in [0.2, 0.25) is 5.02 Å². The predicted octanol–water partition coefficient (Wildman–Crippen LogP) is 5.07. The highest BCUT2D eigenvalue weighted by molar-refractivity contribution is 8.00. The van der Waals surface area contributed by atoms with E-state index in [4.69, 9.17) is 11.6 Å². The fourth-order valence-electron chi connectivity index (χ4n) is 1.99. The lowest BCUT2D eigenvalue weighted by molar-refractivity contribution is -0.113. The van der Waals surface area contributed by atoms with Gasteiger partial charge < -0.3 is 10.4 Å². The van der Waals surface area contributed by atoms with Gasteiger partial charge in [0.1, 0.15) is 5.75 Å². The van der Waals surface area contributed by atoms with Crippen molar-refractivity contribution in [1.82, 2.24) is 0 Å². The molecule has 5 heteroatoms. The van der Waals surface area contributed by atoms with Crippen molar-refractivity contribution in [3.05, 3.63) is 53.1 Å². The molecule has 2 rings (SSSR count). The summed E-state index contributed by atoms with van der Waals surface area (Å²) in [6.45, 7) is 6.50. The highest BCUT2D eigenvalue weighted by Crippen LogP contribution is 2.28. The molecule has 0 radical (unpaired) electrons. The second-order valence-electron chi connectivity index (χ2n) is 6.27. The van der Waals surface area contributed by atoms with E-state index in [2.05, 4.69) is 38.2 Å². The summed E-state index contributed by atoms with van der Waals surface area (Å²) in [7, 11) is 0. The molecule has 0 bridgehead atoms. The third-order valence-electron chi connectivity index (χ3n) is 3.32. The zero-order chi connectivity index (χ0) is 17.0. The smallest absolute Gasteiger partial charge is 0.234 e. The summed E-state index contributed by atoms with van der Waals surface area (Å²) in [6, 6.07) is 12.8. The minimum absolute atomic E-state index is 0.00211. The molecule has 23 heavy (non-hydrogen) atoms. The second-order valence-corrected chi connectivity index (χ2v) is 7.76. The van der Waals surface area contributed by atoms with E-state index in [-0.39, 0.29) is 22.8 Å². The Morgan fingerprint density at radius 3 is 2.43 bits per heavy atom. The van der Waals surface area contributed by atoms with Crippen LogP contribution in [0.5, 0.6) is 5.75 Å². The first kappa shape index (κ1) is 17.7. The Hall–Kier alpha value is -1.65. The molecule has 0 aliphatic carbocycles. The van der Waals surface area contributed by atoms with Gasteiger partial charge in [-0.1, -0.05) is 44.5 Å². The molecule has 0 heterocycles. The van der Waals surface area contributed by atoms with Crippen LogP contribution in [0.3, 0.4) is 0 Å². The summed E-state index contributed by atoms with van der Waals surface area (Å²) >= 11 is 7.31. The highest BCUT2D eigenvalue weighted by atomic mass is 35.5. The number of anilines is 1. The number of halogens is 1. The fourth-order valence-corrected chi connectivity index (χ4v) is 2.87. The molecule has 2 aromatic carbocycles. The number of phenolic OH excluding ortho intramolecular Hbond substituents is 1. The monoisotopic (exact) mass is 349 g/mol. The van der Waals surface area contributed by atoms with Gasteiger partial charge in [-0.25, -0.2) is 0 Å². The van der Waals surface area contributed by atoms with Crippen LogP contribution in [-0.2, 0) is 10.2 Å². The maximum atomic E-state index is 12.0. The second kappa shape index (κ2) is 7.28. The molecule has 0 aliphatic heterocycles. The van der Waals surface area contributed by atoms with Gasteiger partial charge in [0, 0.05) is 9.92 Å². The molecular weight excluding hydrogens is 330 g/mol. The van der Waals surface area contributed by atoms with Crippen LogP contribution in [-0.4, -0.2) is 16.8 Å². The van der Waals surface area contributed by atoms with Crippen LogP contribution in [0.1, 0.15) is 26.3 Å². The third-order valence-corrected chi connectivity index (χ3v) is 4.57. The molecule has 1 amide bonds. The van der Waals surface area contributed by atoms with Crippen molar-refractivity contribution >= 4 is 35.0 Å². The zero-order valence-corrected chi connectivity index (χ0v) is 15.0. The largest absolute Gasteiger partial charge is 0.506 e. The van der Waals surface area contributed by atoms with E-state index in [1.165, 1.54) is 29.5 Å². The summed E-state index contributed by atoms with van der Waals surface area (Å²) in [5, 5.41) is 12.8. The van der Waals surface area contributed by atoms with Crippen LogP contribution < -0.4 is 5.32 Å². The van der Waals surface area contributed by atoms with Gasteiger partial charge in [-0.05, 0) is 41.3 Å². The van der Waals surface area contributed by atoms with Crippen molar-refractivity contribution < 1.29 is 9.90 Å². The van der Waals surface area contributed by atoms with Gasteiger partial charge >= 0.3 is 0 Å². The summed E-state index contributed by atoms with van der Waals surface area (Å²) in [5.74, 6) is 0.0793. The standard InChI is InChI=1S/C18H20ClNO2S/c1-18(2,3)12-4-7-14(8-5-12)23-11-17(22)20-15-10-13(19)6-9-16(15)21/h4-10,21H,11H2,1-3H3,(H,20,22). The number of hydrogen-bond donors (Lipinski definition) is 2. The predicted molar refractivity (Wildman–Crippen MR) is 97.6 cm³/mol. The van der Waals surface area contributed by atoms with Crippen molar-refractivity contribution in [3.8, 4) is 5.75 Å². The molecule has 0 atom stereocenters. The number of nitrogens with one attached hydrogen (secondary N) is 1. The molecule has 0 unspecified atom stereocenters. The highest BCUT2D eigenvalue weighted by Gasteiger charge is 2.13. The minimum Gasteiger partial charge on any atom is -0.506 e. The number of aromatic hydroxyl groups is 1. The van der Waals surface area contributed by atoms with Crippen molar-refractivity contribution in [2.75, 3.05) is 11.1 Å². The first-order valence-electron chi connectivity index (χ1n) is 7.27. The van der Waals surface area contributed by atoms with Gasteiger partial charge in [-0.3, -0.25) is 4.79 Å². The van der Waals surface area contributed by atoms with Gasteiger partial charge in [0.05, 0.1) is 11.4 Å². The van der Waals surface area contributed by atoms with Crippen molar-refractivity contribution in [2.24, 2.45) is 0 Å². The van der Waals surface area contributed by atoms with E-state index in [0.717, 1.165) is 4.90 Å². The number of carbonyl (C=O) groups excluding carboxylic acids is 1. The maximum absolute atomic E-state index is 12.0. The normalized spacial score (nSPS) is 11.3. The van der Waals surface area contributed by atoms with E-state index in [1.54, 1.807) is 6.07 Å². The van der Waals surface area contributed by atoms with Crippen LogP contribution in [0.4, 0.5) is 5.69 Å². The van der Waals surface area contributed by atoms with Crippen LogP contribution in [0, 0.1) is 0 Å². The van der Waals surface area contributed by atoms with Gasteiger partial charge in [0.25, 0.3) is 0 Å². The maximum Gasteiger partial charge on any atom is 0.234 e. The molecule has 0 saturated carbocycles. The van der Waals surface area contributed by atoms with E-state index < -0.39 is 0 Å². The Morgan fingerprint density at radius 2 is 1.83 bits per heavy atom. The van der Waals surface area contributed by atoms with Crippen LogP contribution >= 0.6 is 23.4 Å². The van der Waals surface area contributed by atoms with Crippen molar-refractivity contribution in [3.63, 3.8) is 0 Å². The zero-order valence-electron chi connectivity index (χ0n) is 13.4. The number of phenols is 1. The minimum atomic E-state index is -0.188. The van der Waals surface area contributed by atoms with Gasteiger partial charge in [-0.15, -0.1) is 11.8 Å². The summed E-state index contributed by atoms with van der Waals surface area (Å²) in [5.41, 5.74) is 1.70. The van der Waals surface area contributed by atoms with E-state index >= 15 is 0 Å². The molecule has 0 spiro atoms. The number of thioether (sulfide) groups is 1. The average Bonchev–Trinajstić information content (AvgIpc) is 2.48. The first-order valence-corrected chi connectivity index (χ1v) is 8.64. The lowest BCUT2D eigenvalue weighted by Crippen LogP contribution is -2.14. The van der Waals surface area contributed by atoms with Gasteiger partial charge in [0.2, 0.25) is 5.91 Å². The third kappa shape index (κ3) is 5.19. The first-order chi connectivity index (χ1) is 10.8. The average molecular weight is 350 g/mol. The van der Waals surface area contributed by atoms with Gasteiger partial charge in [-0.2, -0.15) is 0 Å². The summed E-state index contributed by atoms with van der Waals surface area (Å²) in [6.07, 6.45) is 0. The van der Waals surface area contributed by atoms with Crippen LogP contribution in [0.15, 0.2) is 47.4 Å². The summed E-state index contributed by atoms with van der Waals surface area (Å²) in [4.78, 5) is 13.0. The molecule has 2 aromatic rings. The van der Waals surface area contributed by atoms with Crippen molar-refractivity contribution in [1.29, 1.82) is 0 Å². The molecule has 0 saturated heterocycles. The molecule has 2 N–H and O–H groups in total. The molecule has 0 fully saturated rings. The van der Waals surface area contributed by atoms with Crippen molar-refractivity contribution in [2.45, 2.75) is 31.1 Å². The van der Waals surface area contributed by atoms with Crippen LogP contribution in [0.25, 0.3) is 0 Å². The Morgan fingerprint density at radius 1 is 1.17 bits per heavy atom. The Labute approximate surface area is 146 Å². The molecule has 3 nitrogen and oxygen atoms in total. The van der Waals surface area contributed by atoms with Gasteiger partial charge in [0.15, 0.2) is 0 Å². The lowest BCUT2D eigenvalue weighted by Gasteiger charge is -2.19. The Balaban J connectivity index is 1.93. The van der Waals surface area contributed by atoms with E-state index in [1.807, 2.05) is 12.1 Å². The topological polar surface area (TPSA) is 49.3 Å². The fraction of sp³-hybridized carbons (Fsp3) is 0.278. The Kier molecular flexibility index (Phi) is 5.60. The molecular formula is C18H20ClNO2S. The quantitative estimate of drug-likeness (QED) is 0.598. The Bertz CT molecular complexity index is 693. The molecule has 0 aliphatic rings. The lowest BCUT2D eigenvalue weighted by atomic mass is 9.87. The van der Waals surface area contributed by atoms with E-state index in [0.29, 0.717) is 10.7 Å². The molecule has 0 aromatic heterocycles. The SMILES string of the molecule is CC(C)(C)c1ccc(SCC(=O)Nc2cc(Cl)ccc2O)cc1. The number of amides is 1. The number of carbonyl (C=O) groups is 1. The van der Waals surface area contributed by atoms with E-state index in [9.17, 15) is 9.90 Å². The number of hydrogen-bond acceptors (Lipinski definition) is 3. The molecule has 122 valence electrons.